The molecule has 6 heteroatoms. The zero-order valence-corrected chi connectivity index (χ0v) is 9.01. The molecule has 0 spiro atoms. The third-order valence-corrected chi connectivity index (χ3v) is 2.80. The van der Waals surface area contributed by atoms with E-state index in [1.807, 2.05) is 23.6 Å². The number of nitrogens with zero attached hydrogens (tertiary/aromatic N) is 4. The van der Waals surface area contributed by atoms with Crippen molar-refractivity contribution in [3.63, 3.8) is 0 Å². The van der Waals surface area contributed by atoms with Crippen molar-refractivity contribution in [1.29, 1.82) is 0 Å². The van der Waals surface area contributed by atoms with Crippen LogP contribution < -0.4 is 0 Å². The van der Waals surface area contributed by atoms with Gasteiger partial charge in [0.05, 0.1) is 5.41 Å². The summed E-state index contributed by atoms with van der Waals surface area (Å²) in [6, 6.07) is 0. The van der Waals surface area contributed by atoms with Crippen LogP contribution in [0.1, 0.15) is 13.8 Å². The lowest BCUT2D eigenvalue weighted by Crippen LogP contribution is -2.41. The molecule has 0 saturated carbocycles. The molecule has 2 rings (SSSR count). The van der Waals surface area contributed by atoms with Gasteiger partial charge in [0.1, 0.15) is 0 Å². The van der Waals surface area contributed by atoms with Gasteiger partial charge in [-0.15, -0.1) is 0 Å². The Morgan fingerprint density at radius 2 is 1.27 bits per heavy atom. The number of hydrogen-bond acceptors (Lipinski definition) is 4. The van der Waals surface area contributed by atoms with E-state index in [-0.39, 0.29) is 0 Å². The molecule has 0 unspecified atom stereocenters. The summed E-state index contributed by atoms with van der Waals surface area (Å²) < 4.78 is 0. The standard InChI is InChI=1S/C9H16N4O2/c1-9(2,7(10-14)12-3-4-12)8(11-15)13-5-6-13/h14-15H,3-6H2,1-2H3/b10-7+,11-8+. The lowest BCUT2D eigenvalue weighted by atomic mass is 9.89. The van der Waals surface area contributed by atoms with E-state index in [1.165, 1.54) is 0 Å². The SMILES string of the molecule is CC(C)(/C(=N\O)N1CC1)/C(=N\O)N1CC1. The predicted octanol–water partition coefficient (Wildman–Crippen LogP) is 0.219. The highest BCUT2D eigenvalue weighted by Crippen LogP contribution is 2.29. The molecule has 0 amide bonds. The van der Waals surface area contributed by atoms with E-state index in [0.717, 1.165) is 26.2 Å². The van der Waals surface area contributed by atoms with Crippen molar-refractivity contribution in [2.45, 2.75) is 13.8 Å². The van der Waals surface area contributed by atoms with Gasteiger partial charge < -0.3 is 20.2 Å². The van der Waals surface area contributed by atoms with Gasteiger partial charge in [0.2, 0.25) is 0 Å². The molecule has 84 valence electrons. The number of hydrogen-bond donors (Lipinski definition) is 2. The smallest absolute Gasteiger partial charge is 0.157 e. The van der Waals surface area contributed by atoms with Crippen molar-refractivity contribution in [2.24, 2.45) is 15.7 Å². The minimum absolute atomic E-state index is 0.545. The first kappa shape index (κ1) is 10.1. The number of amidine groups is 2. The molecule has 2 fully saturated rings. The van der Waals surface area contributed by atoms with Crippen molar-refractivity contribution in [3.05, 3.63) is 0 Å². The molecule has 0 aromatic carbocycles. The first-order chi connectivity index (χ1) is 7.11. The van der Waals surface area contributed by atoms with E-state index < -0.39 is 5.41 Å². The monoisotopic (exact) mass is 212 g/mol. The van der Waals surface area contributed by atoms with Crippen LogP contribution in [0.25, 0.3) is 0 Å². The predicted molar refractivity (Wildman–Crippen MR) is 55.4 cm³/mol. The van der Waals surface area contributed by atoms with Crippen LogP contribution in [0.5, 0.6) is 0 Å². The molecular weight excluding hydrogens is 196 g/mol. The van der Waals surface area contributed by atoms with Gasteiger partial charge in [-0.3, -0.25) is 0 Å². The van der Waals surface area contributed by atoms with Gasteiger partial charge in [-0.05, 0) is 13.8 Å². The average molecular weight is 212 g/mol. The molecule has 0 bridgehead atoms. The molecular formula is C9H16N4O2. The summed E-state index contributed by atoms with van der Waals surface area (Å²) in [5.74, 6) is 1.14. The normalized spacial score (nSPS) is 22.0. The molecule has 15 heavy (non-hydrogen) atoms. The molecule has 2 N–H and O–H groups in total. The van der Waals surface area contributed by atoms with Crippen LogP contribution in [0.15, 0.2) is 10.3 Å². The second-order valence-electron chi connectivity index (χ2n) is 4.45. The van der Waals surface area contributed by atoms with Crippen molar-refractivity contribution in [1.82, 2.24) is 9.80 Å². The minimum Gasteiger partial charge on any atom is -0.409 e. The summed E-state index contributed by atoms with van der Waals surface area (Å²) in [6.45, 7) is 7.41. The summed E-state index contributed by atoms with van der Waals surface area (Å²) in [5, 5.41) is 24.7. The molecule has 0 atom stereocenters. The van der Waals surface area contributed by atoms with E-state index in [9.17, 15) is 0 Å². The molecule has 0 aromatic rings. The fourth-order valence-electron chi connectivity index (χ4n) is 1.79. The largest absolute Gasteiger partial charge is 0.409 e. The van der Waals surface area contributed by atoms with Gasteiger partial charge in [-0.1, -0.05) is 10.3 Å². The fraction of sp³-hybridized carbons (Fsp3) is 0.778. The van der Waals surface area contributed by atoms with Crippen molar-refractivity contribution in [3.8, 4) is 0 Å². The van der Waals surface area contributed by atoms with Gasteiger partial charge >= 0.3 is 0 Å². The van der Waals surface area contributed by atoms with Gasteiger partial charge in [0, 0.05) is 26.2 Å². The summed E-state index contributed by atoms with van der Waals surface area (Å²) in [5.41, 5.74) is -0.545. The highest BCUT2D eigenvalue weighted by Gasteiger charge is 2.44. The zero-order valence-electron chi connectivity index (χ0n) is 9.01. The summed E-state index contributed by atoms with van der Waals surface area (Å²) >= 11 is 0. The lowest BCUT2D eigenvalue weighted by Gasteiger charge is -2.27. The van der Waals surface area contributed by atoms with Crippen molar-refractivity contribution < 1.29 is 10.4 Å². The molecule has 2 aliphatic rings. The van der Waals surface area contributed by atoms with Crippen molar-refractivity contribution in [2.75, 3.05) is 26.2 Å². The Hall–Kier alpha value is -1.46. The summed E-state index contributed by atoms with van der Waals surface area (Å²) in [7, 11) is 0. The highest BCUT2D eigenvalue weighted by atomic mass is 16.4. The van der Waals surface area contributed by atoms with Crippen LogP contribution in [0.3, 0.4) is 0 Å². The van der Waals surface area contributed by atoms with Crippen LogP contribution in [0, 0.1) is 5.41 Å². The molecule has 0 radical (unpaired) electrons. The van der Waals surface area contributed by atoms with Crippen molar-refractivity contribution >= 4 is 11.7 Å². The van der Waals surface area contributed by atoms with Gasteiger partial charge in [-0.25, -0.2) is 0 Å². The van der Waals surface area contributed by atoms with Crippen LogP contribution in [-0.2, 0) is 0 Å². The fourth-order valence-corrected chi connectivity index (χ4v) is 1.79. The molecule has 6 nitrogen and oxygen atoms in total. The van der Waals surface area contributed by atoms with E-state index in [0.29, 0.717) is 11.7 Å². The Bertz CT molecular complexity index is 286. The Kier molecular flexibility index (Phi) is 2.21. The number of oxime groups is 2. The maximum absolute atomic E-state index is 9.01. The maximum Gasteiger partial charge on any atom is 0.157 e. The van der Waals surface area contributed by atoms with Crippen LogP contribution in [-0.4, -0.2) is 58.1 Å². The summed E-state index contributed by atoms with van der Waals surface area (Å²) in [4.78, 5) is 3.91. The molecule has 0 aliphatic carbocycles. The summed E-state index contributed by atoms with van der Waals surface area (Å²) in [6.07, 6.45) is 0. The average Bonchev–Trinajstić information content (AvgIpc) is 2.99. The molecule has 2 heterocycles. The zero-order chi connectivity index (χ0) is 11.1. The van der Waals surface area contributed by atoms with Gasteiger partial charge in [-0.2, -0.15) is 0 Å². The van der Waals surface area contributed by atoms with Crippen LogP contribution >= 0.6 is 0 Å². The minimum atomic E-state index is -0.545. The third-order valence-electron chi connectivity index (χ3n) is 2.80. The molecule has 2 saturated heterocycles. The molecule has 2 aliphatic heterocycles. The Morgan fingerprint density at radius 1 is 0.933 bits per heavy atom. The first-order valence-corrected chi connectivity index (χ1v) is 5.06. The van der Waals surface area contributed by atoms with E-state index in [1.54, 1.807) is 0 Å². The van der Waals surface area contributed by atoms with Gasteiger partial charge in [0.25, 0.3) is 0 Å². The second-order valence-corrected chi connectivity index (χ2v) is 4.45. The maximum atomic E-state index is 9.01. The van der Waals surface area contributed by atoms with E-state index in [2.05, 4.69) is 10.3 Å². The highest BCUT2D eigenvalue weighted by molar-refractivity contribution is 6.10. The Morgan fingerprint density at radius 3 is 1.47 bits per heavy atom. The quantitative estimate of drug-likeness (QED) is 0.226. The first-order valence-electron chi connectivity index (χ1n) is 5.06. The van der Waals surface area contributed by atoms with Crippen LogP contribution in [0.2, 0.25) is 0 Å². The Balaban J connectivity index is 2.22. The lowest BCUT2D eigenvalue weighted by molar-refractivity contribution is 0.295. The third kappa shape index (κ3) is 1.71. The Labute approximate surface area is 88.5 Å². The van der Waals surface area contributed by atoms with E-state index in [4.69, 9.17) is 10.4 Å². The van der Waals surface area contributed by atoms with Crippen LogP contribution in [0.4, 0.5) is 0 Å². The topological polar surface area (TPSA) is 71.2 Å². The van der Waals surface area contributed by atoms with E-state index >= 15 is 0 Å². The second kappa shape index (κ2) is 3.29. The number of rotatable bonds is 2. The molecule has 0 aromatic heterocycles. The van der Waals surface area contributed by atoms with Gasteiger partial charge in [0.15, 0.2) is 11.7 Å².